The molecule has 0 bridgehead atoms. The molecule has 2 N–H and O–H groups in total. The first-order valence-electron chi connectivity index (χ1n) is 10.5. The van der Waals surface area contributed by atoms with Crippen molar-refractivity contribution in [3.8, 4) is 11.5 Å². The summed E-state index contributed by atoms with van der Waals surface area (Å²) in [4.78, 5) is 20.1. The molecule has 2 aromatic heterocycles. The number of carbonyl (C=O) groups excluding carboxylic acids is 1. The molecule has 0 radical (unpaired) electrons. The second kappa shape index (κ2) is 7.86. The number of aromatic amines is 1. The predicted octanol–water partition coefficient (Wildman–Crippen LogP) is 4.06. The number of nitrogens with one attached hydrogen (secondary N) is 1. The fourth-order valence-corrected chi connectivity index (χ4v) is 5.26. The number of thiazole rings is 1. The van der Waals surface area contributed by atoms with Crippen molar-refractivity contribution in [2.24, 2.45) is 0 Å². The van der Waals surface area contributed by atoms with Crippen LogP contribution in [0.1, 0.15) is 47.2 Å². The van der Waals surface area contributed by atoms with Crippen molar-refractivity contribution in [2.45, 2.75) is 25.3 Å². The van der Waals surface area contributed by atoms with Crippen molar-refractivity contribution in [3.63, 3.8) is 0 Å². The van der Waals surface area contributed by atoms with Gasteiger partial charge in [-0.15, -0.1) is 0 Å². The van der Waals surface area contributed by atoms with Crippen molar-refractivity contribution in [2.75, 3.05) is 25.7 Å². The average molecular weight is 465 g/mol. The maximum Gasteiger partial charge on any atom is 0.281 e. The number of aliphatic hydroxyl groups is 1. The van der Waals surface area contributed by atoms with Gasteiger partial charge in [0.2, 0.25) is 0 Å². The number of hydrogen-bond acceptors (Lipinski definition) is 7. The summed E-state index contributed by atoms with van der Waals surface area (Å²) in [5, 5.41) is 18.0. The molecule has 1 aliphatic heterocycles. The fraction of sp³-hybridized carbons (Fsp3) is 0.292. The third-order valence-electron chi connectivity index (χ3n) is 6.05. The first kappa shape index (κ1) is 21.4. The second-order valence-corrected chi connectivity index (χ2v) is 9.56. The zero-order chi connectivity index (χ0) is 23.3. The maximum atomic E-state index is 13.7. The SMILES string of the molecule is COc1ccc2nc(N3C(=O)c4n[nH]c(C(C)(C)CO)c4C3c3ccccc3OC)sc2c1. The fourth-order valence-electron chi connectivity index (χ4n) is 4.24. The number of amides is 1. The van der Waals surface area contributed by atoms with Gasteiger partial charge >= 0.3 is 0 Å². The summed E-state index contributed by atoms with van der Waals surface area (Å²) < 4.78 is 11.9. The quantitative estimate of drug-likeness (QED) is 0.446. The van der Waals surface area contributed by atoms with Crippen molar-refractivity contribution < 1.29 is 19.4 Å². The number of benzene rings is 2. The number of anilines is 1. The van der Waals surface area contributed by atoms with E-state index in [0.29, 0.717) is 16.6 Å². The number of aromatic nitrogens is 3. The van der Waals surface area contributed by atoms with Gasteiger partial charge in [-0.1, -0.05) is 43.4 Å². The predicted molar refractivity (Wildman–Crippen MR) is 127 cm³/mol. The summed E-state index contributed by atoms with van der Waals surface area (Å²) in [5.41, 5.74) is 2.76. The Balaban J connectivity index is 1.74. The lowest BCUT2D eigenvalue weighted by Gasteiger charge is -2.28. The molecular formula is C24H24N4O4S. The normalized spacial score (nSPS) is 15.8. The molecule has 33 heavy (non-hydrogen) atoms. The minimum absolute atomic E-state index is 0.102. The van der Waals surface area contributed by atoms with Crippen molar-refractivity contribution in [1.82, 2.24) is 15.2 Å². The van der Waals surface area contributed by atoms with Gasteiger partial charge in [-0.3, -0.25) is 14.8 Å². The van der Waals surface area contributed by atoms with E-state index in [4.69, 9.17) is 14.5 Å². The van der Waals surface area contributed by atoms with Gasteiger partial charge in [0.1, 0.15) is 11.5 Å². The van der Waals surface area contributed by atoms with E-state index in [-0.39, 0.29) is 12.5 Å². The van der Waals surface area contributed by atoms with Crippen molar-refractivity contribution in [3.05, 3.63) is 65.0 Å². The van der Waals surface area contributed by atoms with Crippen LogP contribution in [0.2, 0.25) is 0 Å². The molecular weight excluding hydrogens is 440 g/mol. The molecule has 1 unspecified atom stereocenters. The van der Waals surface area contributed by atoms with Gasteiger partial charge in [-0.25, -0.2) is 4.98 Å². The van der Waals surface area contributed by atoms with Crippen LogP contribution in [0.25, 0.3) is 10.2 Å². The van der Waals surface area contributed by atoms with Crippen molar-refractivity contribution >= 4 is 32.6 Å². The summed E-state index contributed by atoms with van der Waals surface area (Å²) in [5.74, 6) is 1.14. The van der Waals surface area contributed by atoms with Crippen molar-refractivity contribution in [1.29, 1.82) is 0 Å². The number of nitrogens with zero attached hydrogens (tertiary/aromatic N) is 3. The van der Waals surface area contributed by atoms with Crippen LogP contribution in [-0.2, 0) is 5.41 Å². The number of methoxy groups -OCH3 is 2. The third-order valence-corrected chi connectivity index (χ3v) is 7.07. The number of H-pyrrole nitrogens is 1. The van der Waals surface area contributed by atoms with Crippen LogP contribution in [0.3, 0.4) is 0 Å². The van der Waals surface area contributed by atoms with E-state index < -0.39 is 11.5 Å². The summed E-state index contributed by atoms with van der Waals surface area (Å²) in [6, 6.07) is 12.8. The number of aliphatic hydroxyl groups excluding tert-OH is 1. The highest BCUT2D eigenvalue weighted by molar-refractivity contribution is 7.22. The average Bonchev–Trinajstić information content (AvgIpc) is 3.52. The lowest BCUT2D eigenvalue weighted by molar-refractivity contribution is 0.0988. The van der Waals surface area contributed by atoms with Gasteiger partial charge in [-0.05, 0) is 24.3 Å². The Morgan fingerprint density at radius 1 is 1.18 bits per heavy atom. The Labute approximate surface area is 194 Å². The standard InChI is InChI=1S/C24H24N4O4S/c1-24(2,12-29)21-18-19(26-27-21)22(30)28(20(18)14-7-5-6-8-16(14)32-4)23-25-15-10-9-13(31-3)11-17(15)33-23/h5-11,20,29H,12H2,1-4H3,(H,26,27). The Bertz CT molecular complexity index is 1360. The molecule has 2 aromatic carbocycles. The number of hydrogen-bond donors (Lipinski definition) is 2. The van der Waals surface area contributed by atoms with Gasteiger partial charge in [0.25, 0.3) is 5.91 Å². The molecule has 4 aromatic rings. The van der Waals surface area contributed by atoms with Gasteiger partial charge in [0.05, 0.1) is 37.1 Å². The van der Waals surface area contributed by atoms with E-state index in [1.807, 2.05) is 56.3 Å². The lowest BCUT2D eigenvalue weighted by atomic mass is 9.84. The monoisotopic (exact) mass is 464 g/mol. The molecule has 9 heteroatoms. The van der Waals surface area contributed by atoms with E-state index in [1.54, 1.807) is 19.1 Å². The van der Waals surface area contributed by atoms with Crippen LogP contribution < -0.4 is 14.4 Å². The number of rotatable bonds is 6. The molecule has 0 fully saturated rings. The zero-order valence-electron chi connectivity index (χ0n) is 18.7. The van der Waals surface area contributed by atoms with Crippen LogP contribution in [-0.4, -0.2) is 47.0 Å². The minimum atomic E-state index is -0.627. The van der Waals surface area contributed by atoms with Crippen LogP contribution in [0.4, 0.5) is 5.13 Å². The molecule has 0 spiro atoms. The van der Waals surface area contributed by atoms with Gasteiger partial charge < -0.3 is 14.6 Å². The largest absolute Gasteiger partial charge is 0.497 e. The number of fused-ring (bicyclic) bond motifs is 2. The smallest absolute Gasteiger partial charge is 0.281 e. The molecule has 3 heterocycles. The van der Waals surface area contributed by atoms with Gasteiger partial charge in [0, 0.05) is 22.2 Å². The highest BCUT2D eigenvalue weighted by Gasteiger charge is 2.47. The highest BCUT2D eigenvalue weighted by atomic mass is 32.1. The van der Waals surface area contributed by atoms with Crippen LogP contribution in [0.5, 0.6) is 11.5 Å². The first-order valence-corrected chi connectivity index (χ1v) is 11.3. The number of para-hydroxylation sites is 1. The molecule has 170 valence electrons. The van der Waals surface area contributed by atoms with E-state index in [9.17, 15) is 9.90 Å². The van der Waals surface area contributed by atoms with Gasteiger partial charge in [-0.2, -0.15) is 5.10 Å². The van der Waals surface area contributed by atoms with Crippen LogP contribution in [0.15, 0.2) is 42.5 Å². The van der Waals surface area contributed by atoms with Crippen LogP contribution in [0, 0.1) is 0 Å². The second-order valence-electron chi connectivity index (χ2n) is 8.55. The molecule has 1 atom stereocenters. The first-order chi connectivity index (χ1) is 15.9. The Kier molecular flexibility index (Phi) is 5.10. The summed E-state index contributed by atoms with van der Waals surface area (Å²) in [6.07, 6.45) is 0. The number of ether oxygens (including phenoxy) is 2. The van der Waals surface area contributed by atoms with Crippen LogP contribution >= 0.6 is 11.3 Å². The Hall–Kier alpha value is -3.43. The maximum absolute atomic E-state index is 13.7. The Morgan fingerprint density at radius 2 is 1.97 bits per heavy atom. The molecule has 5 rings (SSSR count). The molecule has 0 aliphatic carbocycles. The molecule has 8 nitrogen and oxygen atoms in total. The van der Waals surface area contributed by atoms with Gasteiger partial charge in [0.15, 0.2) is 10.8 Å². The molecule has 0 saturated carbocycles. The molecule has 1 aliphatic rings. The van der Waals surface area contributed by atoms with E-state index in [2.05, 4.69) is 10.2 Å². The van der Waals surface area contributed by atoms with E-state index >= 15 is 0 Å². The van der Waals surface area contributed by atoms with E-state index in [0.717, 1.165) is 32.8 Å². The minimum Gasteiger partial charge on any atom is -0.497 e. The zero-order valence-corrected chi connectivity index (χ0v) is 19.6. The summed E-state index contributed by atoms with van der Waals surface area (Å²) >= 11 is 1.42. The van der Waals surface area contributed by atoms with E-state index in [1.165, 1.54) is 11.3 Å². The highest BCUT2D eigenvalue weighted by Crippen LogP contribution is 2.48. The number of carbonyl (C=O) groups is 1. The molecule has 0 saturated heterocycles. The molecule has 1 amide bonds. The third kappa shape index (κ3) is 3.27. The topological polar surface area (TPSA) is 101 Å². The lowest BCUT2D eigenvalue weighted by Crippen LogP contribution is -2.31. The Morgan fingerprint density at radius 3 is 2.70 bits per heavy atom. The summed E-state index contributed by atoms with van der Waals surface area (Å²) in [6.45, 7) is 3.73. The summed E-state index contributed by atoms with van der Waals surface area (Å²) in [7, 11) is 3.23.